The molecule has 0 radical (unpaired) electrons. The summed E-state index contributed by atoms with van der Waals surface area (Å²) in [5.41, 5.74) is 0.273. The van der Waals surface area contributed by atoms with Crippen molar-refractivity contribution >= 4 is 17.5 Å². The van der Waals surface area contributed by atoms with E-state index in [-0.39, 0.29) is 42.0 Å². The maximum absolute atomic E-state index is 12.3. The zero-order valence-corrected chi connectivity index (χ0v) is 11.7. The summed E-state index contributed by atoms with van der Waals surface area (Å²) in [4.78, 5) is 40.0. The van der Waals surface area contributed by atoms with Crippen molar-refractivity contribution in [2.24, 2.45) is 18.9 Å². The van der Waals surface area contributed by atoms with Crippen LogP contribution in [0.4, 0.5) is 0 Å². The molecule has 2 atom stereocenters. The van der Waals surface area contributed by atoms with E-state index in [0.717, 1.165) is 0 Å². The molecule has 2 unspecified atom stereocenters. The third-order valence-electron chi connectivity index (χ3n) is 3.54. The first kappa shape index (κ1) is 14.4. The number of hydrogen-bond donors (Lipinski definition) is 0. The van der Waals surface area contributed by atoms with Crippen molar-refractivity contribution in [2.45, 2.75) is 26.2 Å². The minimum atomic E-state index is -0.770. The van der Waals surface area contributed by atoms with E-state index in [0.29, 0.717) is 13.0 Å². The molecule has 0 spiro atoms. The summed E-state index contributed by atoms with van der Waals surface area (Å²) in [7, 11) is 1.76. The molecule has 6 nitrogen and oxygen atoms in total. The number of rotatable bonds is 4. The van der Waals surface area contributed by atoms with Gasteiger partial charge in [-0.3, -0.25) is 14.4 Å². The quantitative estimate of drug-likeness (QED) is 0.469. The Labute approximate surface area is 117 Å². The topological polar surface area (TPSA) is 78.3 Å². The van der Waals surface area contributed by atoms with Gasteiger partial charge in [-0.2, -0.15) is 0 Å². The van der Waals surface area contributed by atoms with Crippen molar-refractivity contribution in [3.63, 3.8) is 0 Å². The van der Waals surface area contributed by atoms with Crippen LogP contribution < -0.4 is 0 Å². The van der Waals surface area contributed by atoms with Gasteiger partial charge >= 0.3 is 5.97 Å². The largest absolute Gasteiger partial charge is 0.466 e. The number of aromatic nitrogens is 2. The zero-order chi connectivity index (χ0) is 14.7. The average molecular weight is 278 g/mol. The van der Waals surface area contributed by atoms with E-state index in [4.69, 9.17) is 4.74 Å². The van der Waals surface area contributed by atoms with E-state index in [9.17, 15) is 14.4 Å². The Morgan fingerprint density at radius 3 is 2.85 bits per heavy atom. The molecule has 0 saturated heterocycles. The molecule has 1 aromatic rings. The van der Waals surface area contributed by atoms with Gasteiger partial charge in [0.25, 0.3) is 0 Å². The maximum Gasteiger partial charge on any atom is 0.308 e. The van der Waals surface area contributed by atoms with Gasteiger partial charge in [0.15, 0.2) is 5.78 Å². The molecule has 1 aliphatic rings. The number of ketones is 2. The van der Waals surface area contributed by atoms with Crippen LogP contribution in [0.1, 0.15) is 36.7 Å². The summed E-state index contributed by atoms with van der Waals surface area (Å²) in [5.74, 6) is -1.87. The molecule has 1 aliphatic carbocycles. The second-order valence-electron chi connectivity index (χ2n) is 5.03. The van der Waals surface area contributed by atoms with E-state index < -0.39 is 5.92 Å². The highest BCUT2D eigenvalue weighted by Gasteiger charge is 2.38. The van der Waals surface area contributed by atoms with Crippen molar-refractivity contribution < 1.29 is 19.1 Å². The normalized spacial score (nSPS) is 22.6. The Bertz CT molecular complexity index is 535. The van der Waals surface area contributed by atoms with Crippen molar-refractivity contribution in [1.82, 2.24) is 9.55 Å². The highest BCUT2D eigenvalue weighted by Crippen LogP contribution is 2.29. The lowest BCUT2D eigenvalue weighted by Crippen LogP contribution is -2.35. The molecule has 0 N–H and O–H groups in total. The molecule has 0 bridgehead atoms. The fourth-order valence-corrected chi connectivity index (χ4v) is 2.47. The van der Waals surface area contributed by atoms with Gasteiger partial charge in [0.05, 0.1) is 24.8 Å². The van der Waals surface area contributed by atoms with Crippen LogP contribution >= 0.6 is 0 Å². The second kappa shape index (κ2) is 5.98. The molecule has 1 aromatic heterocycles. The van der Waals surface area contributed by atoms with Crippen LogP contribution in [0.25, 0.3) is 0 Å². The SMILES string of the molecule is CCOC(=O)C1CCC(=O)C(C(=O)c2cn(C)cn2)C1. The summed E-state index contributed by atoms with van der Waals surface area (Å²) >= 11 is 0. The third kappa shape index (κ3) is 2.95. The monoisotopic (exact) mass is 278 g/mol. The summed E-state index contributed by atoms with van der Waals surface area (Å²) in [6.45, 7) is 2.05. The van der Waals surface area contributed by atoms with Crippen molar-refractivity contribution in [1.29, 1.82) is 0 Å². The minimum absolute atomic E-state index is 0.110. The Hall–Kier alpha value is -1.98. The molecule has 6 heteroatoms. The van der Waals surface area contributed by atoms with Crippen molar-refractivity contribution in [3.8, 4) is 0 Å². The number of hydrogen-bond acceptors (Lipinski definition) is 5. The lowest BCUT2D eigenvalue weighted by atomic mass is 9.78. The Morgan fingerprint density at radius 2 is 2.25 bits per heavy atom. The Balaban J connectivity index is 2.11. The van der Waals surface area contributed by atoms with Gasteiger partial charge in [-0.05, 0) is 19.8 Å². The summed E-state index contributed by atoms with van der Waals surface area (Å²) in [5, 5.41) is 0. The fraction of sp³-hybridized carbons (Fsp3) is 0.571. The molecule has 1 fully saturated rings. The van der Waals surface area contributed by atoms with Crippen LogP contribution in [0.15, 0.2) is 12.5 Å². The highest BCUT2D eigenvalue weighted by molar-refractivity contribution is 6.10. The van der Waals surface area contributed by atoms with Crippen LogP contribution in [0.3, 0.4) is 0 Å². The van der Waals surface area contributed by atoms with Gasteiger partial charge in [-0.15, -0.1) is 0 Å². The van der Waals surface area contributed by atoms with Gasteiger partial charge < -0.3 is 9.30 Å². The number of carbonyl (C=O) groups excluding carboxylic acids is 3. The number of nitrogens with zero attached hydrogens (tertiary/aromatic N) is 2. The van der Waals surface area contributed by atoms with E-state index in [1.807, 2.05) is 0 Å². The van der Waals surface area contributed by atoms with Gasteiger partial charge in [0.1, 0.15) is 11.5 Å². The van der Waals surface area contributed by atoms with Gasteiger partial charge in [0.2, 0.25) is 0 Å². The number of Topliss-reactive ketones (excluding diaryl/α,β-unsaturated/α-hetero) is 2. The summed E-state index contributed by atoms with van der Waals surface area (Å²) in [6.07, 6.45) is 4.04. The standard InChI is InChI=1S/C14H18N2O4/c1-3-20-14(19)9-4-5-12(17)10(6-9)13(18)11-7-16(2)8-15-11/h7-10H,3-6H2,1-2H3. The molecule has 1 heterocycles. The molecule has 0 aromatic carbocycles. The van der Waals surface area contributed by atoms with Crippen LogP contribution in [-0.4, -0.2) is 33.7 Å². The first-order chi connectivity index (χ1) is 9.52. The minimum Gasteiger partial charge on any atom is -0.466 e. The predicted octanol–water partition coefficient (Wildman–Crippen LogP) is 1.15. The van der Waals surface area contributed by atoms with Crippen molar-refractivity contribution in [3.05, 3.63) is 18.2 Å². The van der Waals surface area contributed by atoms with Gasteiger partial charge in [-0.25, -0.2) is 4.98 Å². The number of imidazole rings is 1. The van der Waals surface area contributed by atoms with Crippen LogP contribution in [0.2, 0.25) is 0 Å². The second-order valence-corrected chi connectivity index (χ2v) is 5.03. The molecule has 0 amide bonds. The smallest absolute Gasteiger partial charge is 0.308 e. The van der Waals surface area contributed by atoms with Crippen molar-refractivity contribution in [2.75, 3.05) is 6.61 Å². The highest BCUT2D eigenvalue weighted by atomic mass is 16.5. The van der Waals surface area contributed by atoms with Crippen LogP contribution in [0.5, 0.6) is 0 Å². The number of esters is 1. The molecule has 1 saturated carbocycles. The zero-order valence-electron chi connectivity index (χ0n) is 11.7. The lowest BCUT2D eigenvalue weighted by Gasteiger charge is -2.25. The molecule has 2 rings (SSSR count). The van der Waals surface area contributed by atoms with E-state index in [2.05, 4.69) is 4.98 Å². The average Bonchev–Trinajstić information content (AvgIpc) is 2.85. The van der Waals surface area contributed by atoms with Crippen LogP contribution in [-0.2, 0) is 21.4 Å². The van der Waals surface area contributed by atoms with E-state index in [1.54, 1.807) is 24.7 Å². The number of carbonyl (C=O) groups is 3. The summed E-state index contributed by atoms with van der Waals surface area (Å²) < 4.78 is 6.63. The predicted molar refractivity (Wildman–Crippen MR) is 70.0 cm³/mol. The fourth-order valence-electron chi connectivity index (χ4n) is 2.47. The van der Waals surface area contributed by atoms with Crippen LogP contribution in [0, 0.1) is 11.8 Å². The number of aryl methyl sites for hydroxylation is 1. The lowest BCUT2D eigenvalue weighted by molar-refractivity contribution is -0.150. The molecular weight excluding hydrogens is 260 g/mol. The third-order valence-corrected chi connectivity index (χ3v) is 3.54. The van der Waals surface area contributed by atoms with E-state index >= 15 is 0 Å². The van der Waals surface area contributed by atoms with Gasteiger partial charge in [0, 0.05) is 19.7 Å². The molecular formula is C14H18N2O4. The summed E-state index contributed by atoms with van der Waals surface area (Å²) in [6, 6.07) is 0. The molecule has 108 valence electrons. The Morgan fingerprint density at radius 1 is 1.50 bits per heavy atom. The molecule has 20 heavy (non-hydrogen) atoms. The van der Waals surface area contributed by atoms with E-state index in [1.165, 1.54) is 6.33 Å². The maximum atomic E-state index is 12.3. The first-order valence-electron chi connectivity index (χ1n) is 6.74. The van der Waals surface area contributed by atoms with Gasteiger partial charge in [-0.1, -0.05) is 0 Å². The molecule has 0 aliphatic heterocycles. The Kier molecular flexibility index (Phi) is 4.32. The number of ether oxygens (including phenoxy) is 1. The first-order valence-corrected chi connectivity index (χ1v) is 6.74.